The van der Waals surface area contributed by atoms with Crippen molar-refractivity contribution in [3.8, 4) is 0 Å². The highest BCUT2D eigenvalue weighted by Gasteiger charge is 2.28. The highest BCUT2D eigenvalue weighted by Crippen LogP contribution is 2.43. The van der Waals surface area contributed by atoms with Gasteiger partial charge >= 0.3 is 6.03 Å². The van der Waals surface area contributed by atoms with Crippen LogP contribution in [0.15, 0.2) is 24.3 Å². The number of benzene rings is 2. The lowest BCUT2D eigenvalue weighted by atomic mass is 10.0. The van der Waals surface area contributed by atoms with E-state index in [1.807, 2.05) is 12.1 Å². The summed E-state index contributed by atoms with van der Waals surface area (Å²) in [6.07, 6.45) is 0. The van der Waals surface area contributed by atoms with Gasteiger partial charge in [-0.3, -0.25) is 9.80 Å². The van der Waals surface area contributed by atoms with Gasteiger partial charge in [-0.2, -0.15) is 0 Å². The van der Waals surface area contributed by atoms with Gasteiger partial charge in [0, 0.05) is 36.2 Å². The van der Waals surface area contributed by atoms with Crippen LogP contribution in [0.5, 0.6) is 0 Å². The number of rotatable bonds is 0. The molecule has 0 saturated carbocycles. The van der Waals surface area contributed by atoms with Crippen molar-refractivity contribution >= 4 is 39.6 Å². The van der Waals surface area contributed by atoms with E-state index >= 15 is 0 Å². The minimum Gasteiger partial charge on any atom is -0.398 e. The second-order valence-corrected chi connectivity index (χ2v) is 4.50. The molecule has 18 heavy (non-hydrogen) atoms. The number of nitrogen functional groups attached to an aromatic ring is 2. The van der Waals surface area contributed by atoms with Crippen molar-refractivity contribution in [3.63, 3.8) is 0 Å². The Bertz CT molecular complexity index is 627. The Balaban J connectivity index is 2.53. The minimum absolute atomic E-state index is 0.0710. The van der Waals surface area contributed by atoms with Crippen LogP contribution in [0.1, 0.15) is 0 Å². The van der Waals surface area contributed by atoms with E-state index in [4.69, 9.17) is 11.5 Å². The van der Waals surface area contributed by atoms with E-state index in [1.165, 1.54) is 0 Å². The smallest absolute Gasteiger partial charge is 0.328 e. The number of urea groups is 1. The fourth-order valence-electron chi connectivity index (χ4n) is 2.50. The average Bonchev–Trinajstić information content (AvgIpc) is 2.35. The summed E-state index contributed by atoms with van der Waals surface area (Å²) in [5, 5.41) is 1.75. The zero-order valence-electron chi connectivity index (χ0n) is 10.3. The lowest BCUT2D eigenvalue weighted by Gasteiger charge is -2.33. The van der Waals surface area contributed by atoms with Gasteiger partial charge < -0.3 is 11.5 Å². The molecule has 0 atom stereocenters. The summed E-state index contributed by atoms with van der Waals surface area (Å²) >= 11 is 0. The molecule has 0 bridgehead atoms. The highest BCUT2D eigenvalue weighted by atomic mass is 16.2. The van der Waals surface area contributed by atoms with E-state index in [0.717, 1.165) is 22.1 Å². The zero-order chi connectivity index (χ0) is 13.0. The van der Waals surface area contributed by atoms with Gasteiger partial charge in [0.25, 0.3) is 0 Å². The molecule has 2 amide bonds. The van der Waals surface area contributed by atoms with E-state index in [1.54, 1.807) is 36.0 Å². The zero-order valence-corrected chi connectivity index (χ0v) is 10.3. The molecule has 0 aromatic heterocycles. The van der Waals surface area contributed by atoms with Crippen molar-refractivity contribution in [1.29, 1.82) is 0 Å². The van der Waals surface area contributed by atoms with E-state index in [9.17, 15) is 4.79 Å². The first-order chi connectivity index (χ1) is 8.52. The van der Waals surface area contributed by atoms with E-state index in [-0.39, 0.29) is 6.03 Å². The molecule has 0 radical (unpaired) electrons. The number of anilines is 4. The highest BCUT2D eigenvalue weighted by molar-refractivity contribution is 6.23. The van der Waals surface area contributed by atoms with Crippen molar-refractivity contribution < 1.29 is 4.79 Å². The van der Waals surface area contributed by atoms with E-state index in [2.05, 4.69) is 0 Å². The predicted octanol–water partition coefficient (Wildman–Crippen LogP) is 2.01. The monoisotopic (exact) mass is 242 g/mol. The van der Waals surface area contributed by atoms with Crippen LogP contribution in [-0.4, -0.2) is 20.1 Å². The molecular weight excluding hydrogens is 228 g/mol. The Morgan fingerprint density at radius 3 is 1.72 bits per heavy atom. The van der Waals surface area contributed by atoms with Gasteiger partial charge in [0.05, 0.1) is 11.4 Å². The van der Waals surface area contributed by atoms with Gasteiger partial charge in [-0.25, -0.2) is 4.79 Å². The molecule has 0 aliphatic carbocycles. The maximum atomic E-state index is 12.1. The first-order valence-corrected chi connectivity index (χ1v) is 5.64. The lowest BCUT2D eigenvalue weighted by Crippen LogP contribution is -2.41. The van der Waals surface area contributed by atoms with Crippen molar-refractivity contribution in [2.75, 3.05) is 35.4 Å². The Kier molecular flexibility index (Phi) is 1.96. The molecule has 3 rings (SSSR count). The SMILES string of the molecule is CN1C(=O)N(C)c2ccc(N)c3c(N)ccc1c23. The lowest BCUT2D eigenvalue weighted by molar-refractivity contribution is 0.253. The molecule has 1 heterocycles. The number of carbonyl (C=O) groups is 1. The third-order valence-corrected chi connectivity index (χ3v) is 3.48. The Labute approximate surface area is 105 Å². The Morgan fingerprint density at radius 2 is 1.28 bits per heavy atom. The largest absolute Gasteiger partial charge is 0.398 e. The molecule has 0 fully saturated rings. The third kappa shape index (κ3) is 1.13. The summed E-state index contributed by atoms with van der Waals surface area (Å²) in [4.78, 5) is 15.3. The van der Waals surface area contributed by atoms with Crippen LogP contribution < -0.4 is 21.3 Å². The summed E-state index contributed by atoms with van der Waals surface area (Å²) in [5.74, 6) is 0. The predicted molar refractivity (Wildman–Crippen MR) is 75.0 cm³/mol. The normalized spacial score (nSPS) is 14.4. The van der Waals surface area contributed by atoms with Crippen molar-refractivity contribution in [3.05, 3.63) is 24.3 Å². The standard InChI is InChI=1S/C13H14N4O/c1-16-9-5-3-7(14)11-8(15)4-6-10(12(9)11)17(2)13(16)18/h3-6H,14-15H2,1-2H3. The van der Waals surface area contributed by atoms with Crippen LogP contribution in [0.2, 0.25) is 0 Å². The van der Waals surface area contributed by atoms with Crippen LogP contribution in [0, 0.1) is 0 Å². The summed E-state index contributed by atoms with van der Waals surface area (Å²) in [5.41, 5.74) is 14.9. The second-order valence-electron chi connectivity index (χ2n) is 4.50. The van der Waals surface area contributed by atoms with Gasteiger partial charge in [0.2, 0.25) is 0 Å². The van der Waals surface area contributed by atoms with Gasteiger partial charge in [-0.15, -0.1) is 0 Å². The second kappa shape index (κ2) is 3.29. The number of nitrogens with two attached hydrogens (primary N) is 2. The van der Waals surface area contributed by atoms with Gasteiger partial charge in [0.1, 0.15) is 0 Å². The van der Waals surface area contributed by atoms with Crippen LogP contribution in [0.25, 0.3) is 10.8 Å². The van der Waals surface area contributed by atoms with Crippen molar-refractivity contribution in [1.82, 2.24) is 0 Å². The molecule has 1 aliphatic rings. The Morgan fingerprint density at radius 1 is 0.833 bits per heavy atom. The molecular formula is C13H14N4O. The number of amides is 2. The van der Waals surface area contributed by atoms with Crippen LogP contribution in [0.4, 0.5) is 27.5 Å². The van der Waals surface area contributed by atoms with Crippen LogP contribution in [0.3, 0.4) is 0 Å². The van der Waals surface area contributed by atoms with Gasteiger partial charge in [-0.1, -0.05) is 0 Å². The number of nitrogens with zero attached hydrogens (tertiary/aromatic N) is 2. The molecule has 5 heteroatoms. The molecule has 0 saturated heterocycles. The molecule has 4 N–H and O–H groups in total. The van der Waals surface area contributed by atoms with E-state index < -0.39 is 0 Å². The maximum absolute atomic E-state index is 12.1. The first kappa shape index (κ1) is 10.7. The van der Waals surface area contributed by atoms with E-state index in [0.29, 0.717) is 11.4 Å². The Hall–Kier alpha value is -2.43. The summed E-state index contributed by atoms with van der Waals surface area (Å²) < 4.78 is 0. The molecule has 0 unspecified atom stereocenters. The molecule has 92 valence electrons. The van der Waals surface area contributed by atoms with Gasteiger partial charge in [-0.05, 0) is 24.3 Å². The third-order valence-electron chi connectivity index (χ3n) is 3.48. The fraction of sp³-hybridized carbons (Fsp3) is 0.154. The quantitative estimate of drug-likeness (QED) is 0.694. The van der Waals surface area contributed by atoms with Gasteiger partial charge in [0.15, 0.2) is 0 Å². The average molecular weight is 242 g/mol. The molecule has 0 spiro atoms. The maximum Gasteiger partial charge on any atom is 0.328 e. The minimum atomic E-state index is -0.0710. The summed E-state index contributed by atoms with van der Waals surface area (Å²) in [6.45, 7) is 0. The summed E-state index contributed by atoms with van der Waals surface area (Å²) in [7, 11) is 3.49. The molecule has 1 aliphatic heterocycles. The topological polar surface area (TPSA) is 75.6 Å². The number of carbonyl (C=O) groups excluding carboxylic acids is 1. The van der Waals surface area contributed by atoms with Crippen molar-refractivity contribution in [2.45, 2.75) is 0 Å². The van der Waals surface area contributed by atoms with Crippen LogP contribution >= 0.6 is 0 Å². The number of hydrogen-bond donors (Lipinski definition) is 2. The number of hydrogen-bond acceptors (Lipinski definition) is 3. The van der Waals surface area contributed by atoms with Crippen LogP contribution in [-0.2, 0) is 0 Å². The van der Waals surface area contributed by atoms with Crippen molar-refractivity contribution in [2.24, 2.45) is 0 Å². The molecule has 5 nitrogen and oxygen atoms in total. The fourth-order valence-corrected chi connectivity index (χ4v) is 2.50. The molecule has 2 aromatic rings. The summed E-state index contributed by atoms with van der Waals surface area (Å²) in [6, 6.07) is 7.20. The molecule has 2 aromatic carbocycles. The first-order valence-electron chi connectivity index (χ1n) is 5.64.